The van der Waals surface area contributed by atoms with E-state index in [0.717, 1.165) is 43.7 Å². The summed E-state index contributed by atoms with van der Waals surface area (Å²) in [4.78, 5) is 5.14. The van der Waals surface area contributed by atoms with E-state index in [1.807, 2.05) is 12.1 Å². The zero-order valence-corrected chi connectivity index (χ0v) is 14.4. The Kier molecular flexibility index (Phi) is 5.75. The van der Waals surface area contributed by atoms with Gasteiger partial charge < -0.3 is 14.8 Å². The standard InChI is InChI=1S/C18H29N3O2/c1-15-3-4-17(18(13-15)22-2)23-12-11-20-7-9-21(10-8-20)16-5-6-19-14-16/h3-4,13,16,19H,5-12,14H2,1-2H3. The lowest BCUT2D eigenvalue weighted by atomic mass is 10.2. The Morgan fingerprint density at radius 1 is 1.17 bits per heavy atom. The van der Waals surface area contributed by atoms with Gasteiger partial charge in [-0.1, -0.05) is 6.07 Å². The first kappa shape index (κ1) is 16.6. The van der Waals surface area contributed by atoms with Crippen molar-refractivity contribution >= 4 is 0 Å². The van der Waals surface area contributed by atoms with E-state index in [2.05, 4.69) is 28.1 Å². The Hall–Kier alpha value is -1.30. The molecule has 0 aliphatic carbocycles. The maximum Gasteiger partial charge on any atom is 0.161 e. The van der Waals surface area contributed by atoms with Crippen LogP contribution in [0.2, 0.25) is 0 Å². The van der Waals surface area contributed by atoms with Crippen molar-refractivity contribution in [1.29, 1.82) is 0 Å². The predicted molar refractivity (Wildman–Crippen MR) is 92.5 cm³/mol. The van der Waals surface area contributed by atoms with Gasteiger partial charge in [0.15, 0.2) is 11.5 Å². The Morgan fingerprint density at radius 2 is 2.00 bits per heavy atom. The van der Waals surface area contributed by atoms with Gasteiger partial charge in [-0.3, -0.25) is 9.80 Å². The van der Waals surface area contributed by atoms with E-state index in [4.69, 9.17) is 9.47 Å². The number of aryl methyl sites for hydroxylation is 1. The number of nitrogens with zero attached hydrogens (tertiary/aromatic N) is 2. The molecule has 2 fully saturated rings. The van der Waals surface area contributed by atoms with Crippen LogP contribution in [0.4, 0.5) is 0 Å². The maximum atomic E-state index is 5.92. The van der Waals surface area contributed by atoms with Gasteiger partial charge in [0, 0.05) is 45.3 Å². The second-order valence-electron chi connectivity index (χ2n) is 6.53. The number of piperazine rings is 1. The van der Waals surface area contributed by atoms with E-state index >= 15 is 0 Å². The van der Waals surface area contributed by atoms with Gasteiger partial charge in [0.25, 0.3) is 0 Å². The van der Waals surface area contributed by atoms with Crippen LogP contribution >= 0.6 is 0 Å². The van der Waals surface area contributed by atoms with E-state index in [9.17, 15) is 0 Å². The molecular formula is C18H29N3O2. The van der Waals surface area contributed by atoms with Crippen LogP contribution in [0.15, 0.2) is 18.2 Å². The number of ether oxygens (including phenoxy) is 2. The van der Waals surface area contributed by atoms with Gasteiger partial charge in [0.2, 0.25) is 0 Å². The number of hydrogen-bond acceptors (Lipinski definition) is 5. The molecule has 1 unspecified atom stereocenters. The summed E-state index contributed by atoms with van der Waals surface area (Å²) in [5.41, 5.74) is 1.19. The lowest BCUT2D eigenvalue weighted by molar-refractivity contribution is 0.0917. The van der Waals surface area contributed by atoms with Crippen molar-refractivity contribution in [3.63, 3.8) is 0 Å². The molecule has 2 aliphatic heterocycles. The van der Waals surface area contributed by atoms with Crippen molar-refractivity contribution in [1.82, 2.24) is 15.1 Å². The fraction of sp³-hybridized carbons (Fsp3) is 0.667. The summed E-state index contributed by atoms with van der Waals surface area (Å²) in [6.07, 6.45) is 1.30. The largest absolute Gasteiger partial charge is 0.493 e. The summed E-state index contributed by atoms with van der Waals surface area (Å²) in [5, 5.41) is 3.46. The minimum atomic E-state index is 0.713. The average molecular weight is 319 g/mol. The van der Waals surface area contributed by atoms with Gasteiger partial charge in [-0.15, -0.1) is 0 Å². The van der Waals surface area contributed by atoms with Crippen LogP contribution in [-0.2, 0) is 0 Å². The summed E-state index contributed by atoms with van der Waals surface area (Å²) < 4.78 is 11.3. The fourth-order valence-corrected chi connectivity index (χ4v) is 3.48. The highest BCUT2D eigenvalue weighted by Crippen LogP contribution is 2.27. The molecule has 0 bridgehead atoms. The van der Waals surface area contributed by atoms with E-state index < -0.39 is 0 Å². The lowest BCUT2D eigenvalue weighted by Gasteiger charge is -2.37. The van der Waals surface area contributed by atoms with Crippen molar-refractivity contribution in [2.45, 2.75) is 19.4 Å². The number of nitrogens with one attached hydrogen (secondary N) is 1. The molecule has 0 spiro atoms. The molecule has 23 heavy (non-hydrogen) atoms. The van der Waals surface area contributed by atoms with Gasteiger partial charge in [0.1, 0.15) is 6.61 Å². The molecule has 3 rings (SSSR count). The first-order valence-corrected chi connectivity index (χ1v) is 8.71. The van der Waals surface area contributed by atoms with Gasteiger partial charge in [-0.05, 0) is 37.6 Å². The Labute approximate surface area is 139 Å². The molecule has 1 atom stereocenters. The third kappa shape index (κ3) is 4.37. The van der Waals surface area contributed by atoms with Gasteiger partial charge in [-0.2, -0.15) is 0 Å². The summed E-state index contributed by atoms with van der Waals surface area (Å²) >= 11 is 0. The highest BCUT2D eigenvalue weighted by molar-refractivity contribution is 5.42. The number of hydrogen-bond donors (Lipinski definition) is 1. The van der Waals surface area contributed by atoms with E-state index in [0.29, 0.717) is 6.61 Å². The molecule has 1 N–H and O–H groups in total. The number of benzene rings is 1. The highest BCUT2D eigenvalue weighted by atomic mass is 16.5. The van der Waals surface area contributed by atoms with Crippen LogP contribution in [0.5, 0.6) is 11.5 Å². The Balaban J connectivity index is 1.40. The first-order chi connectivity index (χ1) is 11.3. The topological polar surface area (TPSA) is 37.0 Å². The molecule has 0 saturated carbocycles. The lowest BCUT2D eigenvalue weighted by Crippen LogP contribution is -2.51. The van der Waals surface area contributed by atoms with Crippen molar-refractivity contribution in [2.75, 3.05) is 59.5 Å². The molecule has 2 saturated heterocycles. The molecule has 2 aliphatic rings. The molecule has 0 radical (unpaired) electrons. The summed E-state index contributed by atoms with van der Waals surface area (Å²) in [6.45, 7) is 10.7. The van der Waals surface area contributed by atoms with Crippen molar-refractivity contribution in [3.05, 3.63) is 23.8 Å². The van der Waals surface area contributed by atoms with Crippen molar-refractivity contribution in [3.8, 4) is 11.5 Å². The average Bonchev–Trinajstić information content (AvgIpc) is 3.11. The third-order valence-corrected chi connectivity index (χ3v) is 4.94. The molecule has 1 aromatic carbocycles. The maximum absolute atomic E-state index is 5.92. The normalized spacial score (nSPS) is 23.1. The predicted octanol–water partition coefficient (Wildman–Crippen LogP) is 1.36. The molecule has 5 heteroatoms. The zero-order chi connectivity index (χ0) is 16.1. The second-order valence-corrected chi connectivity index (χ2v) is 6.53. The second kappa shape index (κ2) is 7.99. The van der Waals surface area contributed by atoms with Crippen LogP contribution in [0.3, 0.4) is 0 Å². The minimum Gasteiger partial charge on any atom is -0.493 e. The fourth-order valence-electron chi connectivity index (χ4n) is 3.48. The quantitative estimate of drug-likeness (QED) is 0.857. The molecule has 128 valence electrons. The van der Waals surface area contributed by atoms with Gasteiger partial charge in [-0.25, -0.2) is 0 Å². The summed E-state index contributed by atoms with van der Waals surface area (Å²) in [6, 6.07) is 6.83. The SMILES string of the molecule is COc1cc(C)ccc1OCCN1CCN(C2CCNC2)CC1. The zero-order valence-electron chi connectivity index (χ0n) is 14.4. The third-order valence-electron chi connectivity index (χ3n) is 4.94. The number of methoxy groups -OCH3 is 1. The van der Waals surface area contributed by atoms with Gasteiger partial charge >= 0.3 is 0 Å². The number of rotatable bonds is 6. The Morgan fingerprint density at radius 3 is 2.70 bits per heavy atom. The van der Waals surface area contributed by atoms with Crippen LogP contribution in [0.1, 0.15) is 12.0 Å². The van der Waals surface area contributed by atoms with Crippen LogP contribution in [-0.4, -0.2) is 75.4 Å². The van der Waals surface area contributed by atoms with E-state index in [1.54, 1.807) is 7.11 Å². The Bertz CT molecular complexity index is 495. The van der Waals surface area contributed by atoms with Crippen molar-refractivity contribution in [2.24, 2.45) is 0 Å². The molecule has 5 nitrogen and oxygen atoms in total. The van der Waals surface area contributed by atoms with Crippen LogP contribution < -0.4 is 14.8 Å². The molecule has 0 aromatic heterocycles. The molecule has 0 amide bonds. The highest BCUT2D eigenvalue weighted by Gasteiger charge is 2.25. The molecular weight excluding hydrogens is 290 g/mol. The van der Waals surface area contributed by atoms with Crippen molar-refractivity contribution < 1.29 is 9.47 Å². The van der Waals surface area contributed by atoms with E-state index in [1.165, 1.54) is 31.6 Å². The molecule has 2 heterocycles. The molecule has 1 aromatic rings. The summed E-state index contributed by atoms with van der Waals surface area (Å²) in [7, 11) is 1.69. The van der Waals surface area contributed by atoms with E-state index in [-0.39, 0.29) is 0 Å². The van der Waals surface area contributed by atoms with Crippen LogP contribution in [0.25, 0.3) is 0 Å². The minimum absolute atomic E-state index is 0.713. The monoisotopic (exact) mass is 319 g/mol. The summed E-state index contributed by atoms with van der Waals surface area (Å²) in [5.74, 6) is 1.66. The smallest absolute Gasteiger partial charge is 0.161 e. The van der Waals surface area contributed by atoms with Crippen LogP contribution in [0, 0.1) is 6.92 Å². The first-order valence-electron chi connectivity index (χ1n) is 8.71. The van der Waals surface area contributed by atoms with Gasteiger partial charge in [0.05, 0.1) is 7.11 Å².